The van der Waals surface area contributed by atoms with Gasteiger partial charge in [0.2, 0.25) is 5.91 Å². The summed E-state index contributed by atoms with van der Waals surface area (Å²) in [7, 11) is 0. The van der Waals surface area contributed by atoms with Gasteiger partial charge in [-0.3, -0.25) is 4.79 Å². The summed E-state index contributed by atoms with van der Waals surface area (Å²) in [6, 6.07) is 10.6. The summed E-state index contributed by atoms with van der Waals surface area (Å²) < 4.78 is 26.6. The normalized spacial score (nSPS) is 18.0. The van der Waals surface area contributed by atoms with Crippen molar-refractivity contribution in [1.82, 2.24) is 4.90 Å². The van der Waals surface area contributed by atoms with Crippen LogP contribution in [0.2, 0.25) is 5.02 Å². The second-order valence-corrected chi connectivity index (χ2v) is 6.46. The second kappa shape index (κ2) is 6.26. The number of hydrogen-bond acceptors (Lipinski definition) is 2. The summed E-state index contributed by atoms with van der Waals surface area (Å²) in [6.07, 6.45) is 0. The molecule has 1 fully saturated rings. The number of amides is 1. The van der Waals surface area contributed by atoms with Gasteiger partial charge < -0.3 is 4.90 Å². The average Bonchev–Trinajstić information content (AvgIpc) is 2.83. The molecule has 114 valence electrons. The van der Waals surface area contributed by atoms with Gasteiger partial charge in [0.1, 0.15) is 17.0 Å². The van der Waals surface area contributed by atoms with Crippen molar-refractivity contribution in [3.05, 3.63) is 70.2 Å². The van der Waals surface area contributed by atoms with Gasteiger partial charge in [0, 0.05) is 6.54 Å². The Morgan fingerprint density at radius 1 is 1.23 bits per heavy atom. The zero-order chi connectivity index (χ0) is 15.7. The van der Waals surface area contributed by atoms with Gasteiger partial charge in [-0.15, -0.1) is 11.8 Å². The van der Waals surface area contributed by atoms with Crippen molar-refractivity contribution in [3.63, 3.8) is 0 Å². The van der Waals surface area contributed by atoms with Crippen molar-refractivity contribution in [1.29, 1.82) is 0 Å². The quantitative estimate of drug-likeness (QED) is 0.826. The lowest BCUT2D eigenvalue weighted by atomic mass is 10.1. The standard InChI is InChI=1S/C16H12ClF2NOS/c17-13-7-11(4-5-14(13)19)16-20(15(21)9-22-16)8-10-2-1-3-12(18)6-10/h1-7,16H,8-9H2. The third-order valence-electron chi connectivity index (χ3n) is 3.44. The highest BCUT2D eigenvalue weighted by Crippen LogP contribution is 2.40. The summed E-state index contributed by atoms with van der Waals surface area (Å²) >= 11 is 7.27. The highest BCUT2D eigenvalue weighted by atomic mass is 35.5. The van der Waals surface area contributed by atoms with E-state index in [0.717, 1.165) is 5.56 Å². The maximum Gasteiger partial charge on any atom is 0.234 e. The highest BCUT2D eigenvalue weighted by molar-refractivity contribution is 8.00. The van der Waals surface area contributed by atoms with E-state index in [1.807, 2.05) is 0 Å². The van der Waals surface area contributed by atoms with Crippen molar-refractivity contribution in [3.8, 4) is 0 Å². The maximum atomic E-state index is 13.3. The molecule has 0 aromatic heterocycles. The van der Waals surface area contributed by atoms with Crippen molar-refractivity contribution in [2.24, 2.45) is 0 Å². The molecule has 1 unspecified atom stereocenters. The Hall–Kier alpha value is -1.59. The third-order valence-corrected chi connectivity index (χ3v) is 4.98. The van der Waals surface area contributed by atoms with Crippen LogP contribution in [0.3, 0.4) is 0 Å². The van der Waals surface area contributed by atoms with Crippen LogP contribution >= 0.6 is 23.4 Å². The third kappa shape index (κ3) is 3.10. The predicted octanol–water partition coefficient (Wildman–Crippen LogP) is 4.39. The molecular weight excluding hydrogens is 328 g/mol. The van der Waals surface area contributed by atoms with Gasteiger partial charge in [0.15, 0.2) is 0 Å². The predicted molar refractivity (Wildman–Crippen MR) is 83.6 cm³/mol. The summed E-state index contributed by atoms with van der Waals surface area (Å²) in [5.74, 6) is -0.510. The molecule has 0 bridgehead atoms. The van der Waals surface area contributed by atoms with Gasteiger partial charge in [0.25, 0.3) is 0 Å². The minimum Gasteiger partial charge on any atom is -0.322 e. The van der Waals surface area contributed by atoms with Gasteiger partial charge in [-0.05, 0) is 35.4 Å². The molecule has 0 N–H and O–H groups in total. The van der Waals surface area contributed by atoms with Crippen LogP contribution in [0.1, 0.15) is 16.5 Å². The van der Waals surface area contributed by atoms with Crippen LogP contribution in [-0.4, -0.2) is 16.6 Å². The zero-order valence-corrected chi connectivity index (χ0v) is 13.0. The maximum absolute atomic E-state index is 13.3. The Balaban J connectivity index is 1.87. The number of thioether (sulfide) groups is 1. The lowest BCUT2D eigenvalue weighted by Crippen LogP contribution is -2.27. The number of hydrogen-bond donors (Lipinski definition) is 0. The smallest absolute Gasteiger partial charge is 0.234 e. The minimum atomic E-state index is -0.489. The van der Waals surface area contributed by atoms with Gasteiger partial charge >= 0.3 is 0 Å². The second-order valence-electron chi connectivity index (χ2n) is 4.99. The lowest BCUT2D eigenvalue weighted by Gasteiger charge is -2.24. The monoisotopic (exact) mass is 339 g/mol. The van der Waals surface area contributed by atoms with E-state index in [1.54, 1.807) is 23.1 Å². The molecule has 2 nitrogen and oxygen atoms in total. The molecule has 1 saturated heterocycles. The summed E-state index contributed by atoms with van der Waals surface area (Å²) in [5, 5.41) is -0.211. The van der Waals surface area contributed by atoms with E-state index in [0.29, 0.717) is 17.9 Å². The fraction of sp³-hybridized carbons (Fsp3) is 0.188. The molecular formula is C16H12ClF2NOS. The van der Waals surface area contributed by atoms with Crippen molar-refractivity contribution >= 4 is 29.3 Å². The number of rotatable bonds is 3. The Labute approximate surface area is 136 Å². The first-order valence-corrected chi connectivity index (χ1v) is 8.08. The Bertz CT molecular complexity index is 725. The van der Waals surface area contributed by atoms with E-state index in [-0.39, 0.29) is 22.1 Å². The van der Waals surface area contributed by atoms with Crippen LogP contribution in [0.5, 0.6) is 0 Å². The van der Waals surface area contributed by atoms with E-state index in [1.165, 1.54) is 36.0 Å². The molecule has 3 rings (SSSR count). The molecule has 0 saturated carbocycles. The zero-order valence-electron chi connectivity index (χ0n) is 11.4. The molecule has 0 aliphatic carbocycles. The summed E-state index contributed by atoms with van der Waals surface area (Å²) in [6.45, 7) is 0.309. The number of carbonyl (C=O) groups is 1. The Morgan fingerprint density at radius 3 is 2.77 bits per heavy atom. The first-order valence-electron chi connectivity index (χ1n) is 6.65. The number of benzene rings is 2. The topological polar surface area (TPSA) is 20.3 Å². The van der Waals surface area contributed by atoms with Gasteiger partial charge in [0.05, 0.1) is 10.8 Å². The largest absolute Gasteiger partial charge is 0.322 e. The van der Waals surface area contributed by atoms with E-state index in [4.69, 9.17) is 11.6 Å². The molecule has 0 spiro atoms. The molecule has 1 amide bonds. The van der Waals surface area contributed by atoms with Crippen LogP contribution < -0.4 is 0 Å². The van der Waals surface area contributed by atoms with E-state index < -0.39 is 5.82 Å². The summed E-state index contributed by atoms with van der Waals surface area (Å²) in [4.78, 5) is 13.8. The SMILES string of the molecule is O=C1CSC(c2ccc(F)c(Cl)c2)N1Cc1cccc(F)c1. The first-order chi connectivity index (χ1) is 10.5. The van der Waals surface area contributed by atoms with Crippen LogP contribution in [0.15, 0.2) is 42.5 Å². The molecule has 1 heterocycles. The van der Waals surface area contributed by atoms with Gasteiger partial charge in [-0.1, -0.05) is 29.8 Å². The van der Waals surface area contributed by atoms with Crippen LogP contribution in [0, 0.1) is 11.6 Å². The fourth-order valence-electron chi connectivity index (χ4n) is 2.40. The molecule has 1 aliphatic rings. The average molecular weight is 340 g/mol. The van der Waals surface area contributed by atoms with Crippen LogP contribution in [0.25, 0.3) is 0 Å². The van der Waals surface area contributed by atoms with Crippen LogP contribution in [0.4, 0.5) is 8.78 Å². The molecule has 1 atom stereocenters. The van der Waals surface area contributed by atoms with E-state index in [2.05, 4.69) is 0 Å². The molecule has 1 aliphatic heterocycles. The van der Waals surface area contributed by atoms with Crippen LogP contribution in [-0.2, 0) is 11.3 Å². The van der Waals surface area contributed by atoms with E-state index in [9.17, 15) is 13.6 Å². The number of carbonyl (C=O) groups excluding carboxylic acids is 1. The lowest BCUT2D eigenvalue weighted by molar-refractivity contribution is -0.128. The van der Waals surface area contributed by atoms with Gasteiger partial charge in [-0.2, -0.15) is 0 Å². The van der Waals surface area contributed by atoms with Crippen molar-refractivity contribution in [2.45, 2.75) is 11.9 Å². The van der Waals surface area contributed by atoms with E-state index >= 15 is 0 Å². The Kier molecular flexibility index (Phi) is 4.36. The highest BCUT2D eigenvalue weighted by Gasteiger charge is 2.33. The first kappa shape index (κ1) is 15.3. The molecule has 6 heteroatoms. The number of nitrogens with zero attached hydrogens (tertiary/aromatic N) is 1. The Morgan fingerprint density at radius 2 is 2.05 bits per heavy atom. The summed E-state index contributed by atoms with van der Waals surface area (Å²) in [5.41, 5.74) is 1.48. The minimum absolute atomic E-state index is 0.0280. The van der Waals surface area contributed by atoms with Gasteiger partial charge in [-0.25, -0.2) is 8.78 Å². The molecule has 2 aromatic rings. The molecule has 2 aromatic carbocycles. The van der Waals surface area contributed by atoms with Crippen molar-refractivity contribution < 1.29 is 13.6 Å². The van der Waals surface area contributed by atoms with Crippen molar-refractivity contribution in [2.75, 3.05) is 5.75 Å². The fourth-order valence-corrected chi connectivity index (χ4v) is 3.77. The molecule has 22 heavy (non-hydrogen) atoms. The molecule has 0 radical (unpaired) electrons. The number of halogens is 3.